The van der Waals surface area contributed by atoms with Crippen molar-refractivity contribution in [1.82, 2.24) is 4.72 Å². The second kappa shape index (κ2) is 10.6. The van der Waals surface area contributed by atoms with E-state index in [0.717, 1.165) is 5.56 Å². The zero-order chi connectivity index (χ0) is 19.6. The number of sulfonamides is 1. The summed E-state index contributed by atoms with van der Waals surface area (Å²) in [5.41, 5.74) is 0.954. The molecule has 26 heavy (non-hydrogen) atoms. The lowest BCUT2D eigenvalue weighted by atomic mass is 10.2. The van der Waals surface area contributed by atoms with Crippen LogP contribution in [0.2, 0.25) is 0 Å². The Hall–Kier alpha value is -1.49. The van der Waals surface area contributed by atoms with Crippen LogP contribution >= 0.6 is 0 Å². The van der Waals surface area contributed by atoms with Crippen LogP contribution in [-0.4, -0.2) is 53.3 Å². The first-order valence-electron chi connectivity index (χ1n) is 7.95. The Kier molecular flexibility index (Phi) is 9.20. The quantitative estimate of drug-likeness (QED) is 0.547. The number of Topliss-reactive ketones (excluding diaryl/α,β-unsaturated/α-hetero) is 1. The molecule has 6 nitrogen and oxygen atoms in total. The molecule has 0 saturated carbocycles. The summed E-state index contributed by atoms with van der Waals surface area (Å²) in [4.78, 5) is 10.8. The van der Waals surface area contributed by atoms with Gasteiger partial charge in [-0.05, 0) is 25.5 Å². The molecule has 1 N–H and O–H groups in total. The number of benzene rings is 1. The molecule has 0 bridgehead atoms. The molecular formula is C16H22F3NO5S. The van der Waals surface area contributed by atoms with E-state index in [9.17, 15) is 26.4 Å². The van der Waals surface area contributed by atoms with Gasteiger partial charge in [-0.15, -0.1) is 0 Å². The van der Waals surface area contributed by atoms with E-state index in [1.54, 1.807) is 12.1 Å². The van der Waals surface area contributed by atoms with Gasteiger partial charge in [-0.25, -0.2) is 13.1 Å². The zero-order valence-corrected chi connectivity index (χ0v) is 15.2. The van der Waals surface area contributed by atoms with Crippen LogP contribution in [0.3, 0.4) is 0 Å². The minimum absolute atomic E-state index is 0.0191. The van der Waals surface area contributed by atoms with E-state index in [4.69, 9.17) is 9.47 Å². The first kappa shape index (κ1) is 22.6. The van der Waals surface area contributed by atoms with Crippen LogP contribution in [0, 0.1) is 6.92 Å². The number of carbonyl (C=O) groups is 1. The Morgan fingerprint density at radius 3 is 2.19 bits per heavy atom. The highest BCUT2D eigenvalue weighted by molar-refractivity contribution is 7.89. The van der Waals surface area contributed by atoms with Gasteiger partial charge in [-0.3, -0.25) is 4.79 Å². The molecule has 148 valence electrons. The number of hydrogen-bond acceptors (Lipinski definition) is 5. The first-order chi connectivity index (χ1) is 12.1. The molecular weight excluding hydrogens is 375 g/mol. The lowest BCUT2D eigenvalue weighted by Crippen LogP contribution is -2.27. The molecule has 0 unspecified atom stereocenters. The standard InChI is InChI=1S/C16H22F3NO5S/c1-13-4-6-14(7-5-13)26(22,23)20-8-10-25-12-11-24-9-2-3-15(21)16(17,18)19/h4-7,20H,2-3,8-12H2,1H3. The molecule has 0 heterocycles. The van der Waals surface area contributed by atoms with Crippen LogP contribution in [0.25, 0.3) is 0 Å². The van der Waals surface area contributed by atoms with Gasteiger partial charge in [0, 0.05) is 19.6 Å². The third-order valence-electron chi connectivity index (χ3n) is 3.25. The van der Waals surface area contributed by atoms with Gasteiger partial charge in [-0.1, -0.05) is 17.7 Å². The van der Waals surface area contributed by atoms with Gasteiger partial charge in [0.15, 0.2) is 0 Å². The largest absolute Gasteiger partial charge is 0.449 e. The lowest BCUT2D eigenvalue weighted by Gasteiger charge is -2.08. The second-order valence-corrected chi connectivity index (χ2v) is 7.23. The maximum absolute atomic E-state index is 12.0. The van der Waals surface area contributed by atoms with Crippen LogP contribution < -0.4 is 4.72 Å². The number of rotatable bonds is 12. The molecule has 0 aromatic heterocycles. The van der Waals surface area contributed by atoms with Crippen molar-refractivity contribution in [3.05, 3.63) is 29.8 Å². The summed E-state index contributed by atoms with van der Waals surface area (Å²) in [5, 5.41) is 0. The van der Waals surface area contributed by atoms with Crippen LogP contribution in [0.4, 0.5) is 13.2 Å². The van der Waals surface area contributed by atoms with Crippen molar-refractivity contribution in [3.63, 3.8) is 0 Å². The maximum atomic E-state index is 12.0. The van der Waals surface area contributed by atoms with Gasteiger partial charge >= 0.3 is 6.18 Å². The number of ether oxygens (including phenoxy) is 2. The number of ketones is 1. The van der Waals surface area contributed by atoms with E-state index in [1.165, 1.54) is 12.1 Å². The second-order valence-electron chi connectivity index (χ2n) is 5.46. The Bertz CT molecular complexity index is 659. The van der Waals surface area contributed by atoms with Crippen LogP contribution in [0.5, 0.6) is 0 Å². The Morgan fingerprint density at radius 2 is 1.62 bits per heavy atom. The Balaban J connectivity index is 2.06. The van der Waals surface area contributed by atoms with E-state index < -0.39 is 28.4 Å². The SMILES string of the molecule is Cc1ccc(S(=O)(=O)NCCOCCOCCCC(=O)C(F)(F)F)cc1. The number of hydrogen-bond donors (Lipinski definition) is 1. The molecule has 1 rings (SSSR count). The molecule has 0 saturated heterocycles. The van der Waals surface area contributed by atoms with Gasteiger partial charge in [-0.2, -0.15) is 13.2 Å². The molecule has 1 aromatic rings. The van der Waals surface area contributed by atoms with Crippen molar-refractivity contribution < 1.29 is 35.9 Å². The predicted octanol–water partition coefficient (Wildman–Crippen LogP) is 2.22. The van der Waals surface area contributed by atoms with E-state index in [2.05, 4.69) is 4.72 Å². The fraction of sp³-hybridized carbons (Fsp3) is 0.562. The monoisotopic (exact) mass is 397 g/mol. The van der Waals surface area contributed by atoms with E-state index >= 15 is 0 Å². The Labute approximate surface area is 150 Å². The first-order valence-corrected chi connectivity index (χ1v) is 9.43. The van der Waals surface area contributed by atoms with Crippen LogP contribution in [0.1, 0.15) is 18.4 Å². The number of halogens is 3. The van der Waals surface area contributed by atoms with Crippen molar-refractivity contribution in [2.75, 3.05) is 33.0 Å². The highest BCUT2D eigenvalue weighted by Crippen LogP contribution is 2.18. The average molecular weight is 397 g/mol. The summed E-state index contributed by atoms with van der Waals surface area (Å²) >= 11 is 0. The molecule has 0 atom stereocenters. The highest BCUT2D eigenvalue weighted by Gasteiger charge is 2.37. The topological polar surface area (TPSA) is 81.7 Å². The lowest BCUT2D eigenvalue weighted by molar-refractivity contribution is -0.171. The highest BCUT2D eigenvalue weighted by atomic mass is 32.2. The van der Waals surface area contributed by atoms with Gasteiger partial charge in [0.1, 0.15) is 0 Å². The minimum atomic E-state index is -4.80. The molecule has 1 aromatic carbocycles. The molecule has 0 aliphatic rings. The third kappa shape index (κ3) is 8.75. The number of alkyl halides is 3. The number of nitrogens with one attached hydrogen (secondary N) is 1. The van der Waals surface area contributed by atoms with Crippen molar-refractivity contribution >= 4 is 15.8 Å². The van der Waals surface area contributed by atoms with E-state index in [-0.39, 0.29) is 44.3 Å². The fourth-order valence-corrected chi connectivity index (χ4v) is 2.86. The third-order valence-corrected chi connectivity index (χ3v) is 4.73. The molecule has 10 heteroatoms. The van der Waals surface area contributed by atoms with Crippen molar-refractivity contribution in [1.29, 1.82) is 0 Å². The van der Waals surface area contributed by atoms with Crippen LogP contribution in [0.15, 0.2) is 29.2 Å². The normalized spacial score (nSPS) is 12.3. The summed E-state index contributed by atoms with van der Waals surface area (Å²) in [6, 6.07) is 6.42. The number of aryl methyl sites for hydroxylation is 1. The minimum Gasteiger partial charge on any atom is -0.379 e. The van der Waals surface area contributed by atoms with E-state index in [0.29, 0.717) is 0 Å². The maximum Gasteiger partial charge on any atom is 0.449 e. The predicted molar refractivity (Wildman–Crippen MR) is 88.3 cm³/mol. The summed E-state index contributed by atoms with van der Waals surface area (Å²) in [6.45, 7) is 2.39. The van der Waals surface area contributed by atoms with Crippen molar-refractivity contribution in [2.45, 2.75) is 30.8 Å². The van der Waals surface area contributed by atoms with Crippen molar-refractivity contribution in [3.8, 4) is 0 Å². The molecule has 0 fully saturated rings. The fourth-order valence-electron chi connectivity index (χ4n) is 1.85. The molecule has 0 aliphatic carbocycles. The molecule has 0 spiro atoms. The summed E-state index contributed by atoms with van der Waals surface area (Å²) < 4.78 is 72.4. The summed E-state index contributed by atoms with van der Waals surface area (Å²) in [5.74, 6) is -1.77. The van der Waals surface area contributed by atoms with Crippen molar-refractivity contribution in [2.24, 2.45) is 0 Å². The summed E-state index contributed by atoms with van der Waals surface area (Å²) in [7, 11) is -3.59. The van der Waals surface area contributed by atoms with Crippen LogP contribution in [-0.2, 0) is 24.3 Å². The van der Waals surface area contributed by atoms with Gasteiger partial charge in [0.25, 0.3) is 0 Å². The van der Waals surface area contributed by atoms with E-state index in [1.807, 2.05) is 6.92 Å². The molecule has 0 amide bonds. The van der Waals surface area contributed by atoms with Gasteiger partial charge in [0.05, 0.1) is 24.7 Å². The Morgan fingerprint density at radius 1 is 1.04 bits per heavy atom. The summed E-state index contributed by atoms with van der Waals surface area (Å²) in [6.07, 6.45) is -5.42. The van der Waals surface area contributed by atoms with Gasteiger partial charge in [0.2, 0.25) is 15.8 Å². The average Bonchev–Trinajstić information content (AvgIpc) is 2.55. The zero-order valence-electron chi connectivity index (χ0n) is 14.3. The molecule has 0 radical (unpaired) electrons. The molecule has 0 aliphatic heterocycles. The smallest absolute Gasteiger partial charge is 0.379 e. The van der Waals surface area contributed by atoms with Gasteiger partial charge < -0.3 is 9.47 Å². The number of carbonyl (C=O) groups excluding carboxylic acids is 1.